The maximum Gasteiger partial charge on any atom is 0.119 e. The highest BCUT2D eigenvalue weighted by atomic mass is 16.5. The molecule has 1 rings (SSSR count). The van der Waals surface area contributed by atoms with E-state index in [0.29, 0.717) is 0 Å². The van der Waals surface area contributed by atoms with Gasteiger partial charge in [0.25, 0.3) is 0 Å². The van der Waals surface area contributed by atoms with Gasteiger partial charge in [-0.2, -0.15) is 0 Å². The molecule has 0 aromatic heterocycles. The number of hydrogen-bond donors (Lipinski definition) is 1. The molecule has 1 aromatic carbocycles. The van der Waals surface area contributed by atoms with Gasteiger partial charge in [-0.3, -0.25) is 0 Å². The molecule has 0 unspecified atom stereocenters. The SMILES string of the molecule is CCCOc1cccc(CCCCNCC(C)C)c1. The molecule has 0 bridgehead atoms. The van der Waals surface area contributed by atoms with Crippen LogP contribution in [0.2, 0.25) is 0 Å². The predicted molar refractivity (Wildman–Crippen MR) is 82.9 cm³/mol. The number of aryl methyl sites for hydroxylation is 1. The molecule has 0 aliphatic carbocycles. The van der Waals surface area contributed by atoms with Crippen LogP contribution in [0.3, 0.4) is 0 Å². The van der Waals surface area contributed by atoms with Crippen molar-refractivity contribution in [3.63, 3.8) is 0 Å². The van der Waals surface area contributed by atoms with E-state index in [-0.39, 0.29) is 0 Å². The van der Waals surface area contributed by atoms with Crippen LogP contribution in [0.15, 0.2) is 24.3 Å². The number of hydrogen-bond acceptors (Lipinski definition) is 2. The molecule has 0 spiro atoms. The van der Waals surface area contributed by atoms with Crippen LogP contribution in [0, 0.1) is 5.92 Å². The zero-order chi connectivity index (χ0) is 13.9. The molecule has 108 valence electrons. The second kappa shape index (κ2) is 9.85. The van der Waals surface area contributed by atoms with E-state index in [0.717, 1.165) is 44.2 Å². The minimum absolute atomic E-state index is 0.743. The van der Waals surface area contributed by atoms with Crippen LogP contribution in [0.25, 0.3) is 0 Å². The van der Waals surface area contributed by atoms with Gasteiger partial charge >= 0.3 is 0 Å². The summed E-state index contributed by atoms with van der Waals surface area (Å²) < 4.78 is 5.65. The molecule has 0 aliphatic rings. The Morgan fingerprint density at radius 2 is 2.05 bits per heavy atom. The molecule has 0 saturated heterocycles. The lowest BCUT2D eigenvalue weighted by molar-refractivity contribution is 0.317. The van der Waals surface area contributed by atoms with Gasteiger partial charge in [0.2, 0.25) is 0 Å². The van der Waals surface area contributed by atoms with Crippen molar-refractivity contribution in [1.29, 1.82) is 0 Å². The Kier molecular flexibility index (Phi) is 8.31. The van der Waals surface area contributed by atoms with Gasteiger partial charge in [0, 0.05) is 0 Å². The summed E-state index contributed by atoms with van der Waals surface area (Å²) in [6, 6.07) is 8.51. The number of ether oxygens (including phenoxy) is 1. The third-order valence-corrected chi connectivity index (χ3v) is 2.99. The number of rotatable bonds is 10. The van der Waals surface area contributed by atoms with Crippen LogP contribution in [0.4, 0.5) is 0 Å². The van der Waals surface area contributed by atoms with E-state index in [9.17, 15) is 0 Å². The Bertz CT molecular complexity index is 336. The van der Waals surface area contributed by atoms with E-state index < -0.39 is 0 Å². The molecule has 0 saturated carbocycles. The summed E-state index contributed by atoms with van der Waals surface area (Å²) in [5.74, 6) is 1.75. The van der Waals surface area contributed by atoms with E-state index >= 15 is 0 Å². The Labute approximate surface area is 118 Å². The van der Waals surface area contributed by atoms with Crippen LogP contribution >= 0.6 is 0 Å². The van der Waals surface area contributed by atoms with Gasteiger partial charge < -0.3 is 10.1 Å². The van der Waals surface area contributed by atoms with Crippen molar-refractivity contribution in [3.05, 3.63) is 29.8 Å². The Morgan fingerprint density at radius 1 is 1.21 bits per heavy atom. The van der Waals surface area contributed by atoms with Gasteiger partial charge in [0.15, 0.2) is 0 Å². The molecular weight excluding hydrogens is 234 g/mol. The Morgan fingerprint density at radius 3 is 2.79 bits per heavy atom. The number of unbranched alkanes of at least 4 members (excludes halogenated alkanes) is 1. The van der Waals surface area contributed by atoms with Crippen molar-refractivity contribution in [3.8, 4) is 5.75 Å². The van der Waals surface area contributed by atoms with Crippen LogP contribution in [-0.2, 0) is 6.42 Å². The van der Waals surface area contributed by atoms with Crippen molar-refractivity contribution in [2.45, 2.75) is 46.5 Å². The minimum Gasteiger partial charge on any atom is -0.494 e. The van der Waals surface area contributed by atoms with Crippen molar-refractivity contribution < 1.29 is 4.74 Å². The zero-order valence-corrected chi connectivity index (χ0v) is 12.7. The van der Waals surface area contributed by atoms with E-state index in [2.05, 4.69) is 44.3 Å². The molecule has 19 heavy (non-hydrogen) atoms. The Balaban J connectivity index is 2.18. The molecular formula is C17H29NO. The standard InChI is InChI=1S/C17H29NO/c1-4-12-19-17-10-7-9-16(13-17)8-5-6-11-18-14-15(2)3/h7,9-10,13,15,18H,4-6,8,11-12,14H2,1-3H3. The largest absolute Gasteiger partial charge is 0.494 e. The van der Waals surface area contributed by atoms with Gasteiger partial charge in [0.05, 0.1) is 6.61 Å². The summed E-state index contributed by atoms with van der Waals surface area (Å²) in [4.78, 5) is 0. The number of nitrogens with one attached hydrogen (secondary N) is 1. The highest BCUT2D eigenvalue weighted by Crippen LogP contribution is 2.15. The molecule has 0 radical (unpaired) electrons. The van der Waals surface area contributed by atoms with Gasteiger partial charge in [-0.05, 0) is 62.4 Å². The van der Waals surface area contributed by atoms with Gasteiger partial charge in [-0.15, -0.1) is 0 Å². The fraction of sp³-hybridized carbons (Fsp3) is 0.647. The summed E-state index contributed by atoms with van der Waals surface area (Å²) in [6.45, 7) is 9.69. The maximum atomic E-state index is 5.65. The van der Waals surface area contributed by atoms with E-state index in [4.69, 9.17) is 4.74 Å². The van der Waals surface area contributed by atoms with E-state index in [1.54, 1.807) is 0 Å². The van der Waals surface area contributed by atoms with Crippen molar-refractivity contribution in [2.24, 2.45) is 5.92 Å². The van der Waals surface area contributed by atoms with E-state index in [1.165, 1.54) is 18.4 Å². The van der Waals surface area contributed by atoms with E-state index in [1.807, 2.05) is 6.07 Å². The molecule has 0 amide bonds. The molecule has 2 heteroatoms. The van der Waals surface area contributed by atoms with Crippen LogP contribution in [0.5, 0.6) is 5.75 Å². The first kappa shape index (κ1) is 16.0. The first-order chi connectivity index (χ1) is 9.22. The lowest BCUT2D eigenvalue weighted by Crippen LogP contribution is -2.20. The molecule has 0 heterocycles. The molecule has 1 N–H and O–H groups in total. The quantitative estimate of drug-likeness (QED) is 0.643. The minimum atomic E-state index is 0.743. The smallest absolute Gasteiger partial charge is 0.119 e. The Hall–Kier alpha value is -1.02. The van der Waals surface area contributed by atoms with Crippen LogP contribution < -0.4 is 10.1 Å². The normalized spacial score (nSPS) is 10.9. The summed E-state index contributed by atoms with van der Waals surface area (Å²) in [5, 5.41) is 3.49. The van der Waals surface area contributed by atoms with Gasteiger partial charge in [-0.25, -0.2) is 0 Å². The van der Waals surface area contributed by atoms with Gasteiger partial charge in [0.1, 0.15) is 5.75 Å². The summed E-state index contributed by atoms with van der Waals surface area (Å²) in [5.41, 5.74) is 1.39. The number of benzene rings is 1. The zero-order valence-electron chi connectivity index (χ0n) is 12.7. The lowest BCUT2D eigenvalue weighted by Gasteiger charge is -2.08. The summed E-state index contributed by atoms with van der Waals surface area (Å²) in [6.07, 6.45) is 4.69. The molecule has 0 atom stereocenters. The fourth-order valence-corrected chi connectivity index (χ4v) is 1.98. The topological polar surface area (TPSA) is 21.3 Å². The molecule has 1 aromatic rings. The first-order valence-electron chi connectivity index (χ1n) is 7.64. The van der Waals surface area contributed by atoms with Gasteiger partial charge in [-0.1, -0.05) is 32.9 Å². The van der Waals surface area contributed by atoms with Crippen LogP contribution in [0.1, 0.15) is 45.6 Å². The van der Waals surface area contributed by atoms with Crippen molar-refractivity contribution >= 4 is 0 Å². The van der Waals surface area contributed by atoms with Crippen LogP contribution in [-0.4, -0.2) is 19.7 Å². The van der Waals surface area contributed by atoms with Crippen molar-refractivity contribution in [2.75, 3.05) is 19.7 Å². The maximum absolute atomic E-state index is 5.65. The lowest BCUT2D eigenvalue weighted by atomic mass is 10.1. The second-order valence-corrected chi connectivity index (χ2v) is 5.55. The average molecular weight is 263 g/mol. The third-order valence-electron chi connectivity index (χ3n) is 2.99. The second-order valence-electron chi connectivity index (χ2n) is 5.55. The molecule has 0 aliphatic heterocycles. The molecule has 2 nitrogen and oxygen atoms in total. The monoisotopic (exact) mass is 263 g/mol. The highest BCUT2D eigenvalue weighted by molar-refractivity contribution is 5.28. The fourth-order valence-electron chi connectivity index (χ4n) is 1.98. The predicted octanol–water partition coefficient (Wildman–Crippen LogP) is 4.04. The molecule has 0 fully saturated rings. The summed E-state index contributed by atoms with van der Waals surface area (Å²) in [7, 11) is 0. The third kappa shape index (κ3) is 7.89. The van der Waals surface area contributed by atoms with Crippen molar-refractivity contribution in [1.82, 2.24) is 5.32 Å². The summed E-state index contributed by atoms with van der Waals surface area (Å²) >= 11 is 0. The first-order valence-corrected chi connectivity index (χ1v) is 7.64. The average Bonchev–Trinajstić information content (AvgIpc) is 2.40. The highest BCUT2D eigenvalue weighted by Gasteiger charge is 1.98.